The molecule has 68 valence electrons. The maximum absolute atomic E-state index is 11.5. The van der Waals surface area contributed by atoms with Crippen LogP contribution in [0.4, 0.5) is 0 Å². The van der Waals surface area contributed by atoms with Crippen molar-refractivity contribution in [3.63, 3.8) is 0 Å². The zero-order chi connectivity index (χ0) is 8.97. The summed E-state index contributed by atoms with van der Waals surface area (Å²) in [5.74, 6) is 0.305. The van der Waals surface area contributed by atoms with Crippen LogP contribution in [-0.4, -0.2) is 24.3 Å². The first-order chi connectivity index (χ1) is 5.75. The summed E-state index contributed by atoms with van der Waals surface area (Å²) in [6.45, 7) is 3.07. The van der Waals surface area contributed by atoms with Gasteiger partial charge >= 0.3 is 0 Å². The van der Waals surface area contributed by atoms with Crippen molar-refractivity contribution >= 4 is 5.78 Å². The van der Waals surface area contributed by atoms with Gasteiger partial charge in [-0.05, 0) is 19.3 Å². The van der Waals surface area contributed by atoms with Crippen molar-refractivity contribution in [2.45, 2.75) is 32.6 Å². The molecule has 0 fully saturated rings. The molecule has 0 saturated carbocycles. The van der Waals surface area contributed by atoms with Crippen molar-refractivity contribution in [1.82, 2.24) is 4.90 Å². The zero-order valence-corrected chi connectivity index (χ0v) is 7.97. The van der Waals surface area contributed by atoms with E-state index >= 15 is 0 Å². The van der Waals surface area contributed by atoms with E-state index in [0.29, 0.717) is 12.2 Å². The van der Waals surface area contributed by atoms with Gasteiger partial charge in [0.05, 0.1) is 5.70 Å². The lowest BCUT2D eigenvalue weighted by Crippen LogP contribution is -2.27. The molecule has 0 aliphatic carbocycles. The predicted octanol–water partition coefficient (Wildman–Crippen LogP) is 1.97. The highest BCUT2D eigenvalue weighted by Crippen LogP contribution is 2.14. The first kappa shape index (κ1) is 9.30. The highest BCUT2D eigenvalue weighted by Gasteiger charge is 2.15. The molecule has 0 N–H and O–H groups in total. The predicted molar refractivity (Wildman–Crippen MR) is 49.9 cm³/mol. The quantitative estimate of drug-likeness (QED) is 0.640. The number of nitrogens with zero attached hydrogens (tertiary/aromatic N) is 1. The molecule has 1 aliphatic heterocycles. The normalized spacial score (nSPS) is 17.5. The SMILES string of the molecule is CCCC(=O)C1=CCCCN1C. The Hall–Kier alpha value is -0.790. The lowest BCUT2D eigenvalue weighted by Gasteiger charge is -2.25. The molecule has 2 nitrogen and oxygen atoms in total. The van der Waals surface area contributed by atoms with Gasteiger partial charge in [0.1, 0.15) is 0 Å². The van der Waals surface area contributed by atoms with E-state index in [9.17, 15) is 4.79 Å². The molecule has 2 heteroatoms. The lowest BCUT2D eigenvalue weighted by atomic mass is 10.1. The smallest absolute Gasteiger partial charge is 0.178 e. The Balaban J connectivity index is 2.59. The van der Waals surface area contributed by atoms with Crippen LogP contribution in [0, 0.1) is 0 Å². The van der Waals surface area contributed by atoms with E-state index < -0.39 is 0 Å². The van der Waals surface area contributed by atoms with Crippen molar-refractivity contribution in [3.05, 3.63) is 11.8 Å². The number of ketones is 1. The van der Waals surface area contributed by atoms with Gasteiger partial charge in [0.25, 0.3) is 0 Å². The van der Waals surface area contributed by atoms with Crippen LogP contribution in [0.25, 0.3) is 0 Å². The molecule has 0 unspecified atom stereocenters. The summed E-state index contributed by atoms with van der Waals surface area (Å²) in [7, 11) is 2.00. The van der Waals surface area contributed by atoms with Gasteiger partial charge in [0, 0.05) is 20.0 Å². The van der Waals surface area contributed by atoms with Crippen molar-refractivity contribution in [3.8, 4) is 0 Å². The summed E-state index contributed by atoms with van der Waals surface area (Å²) in [6.07, 6.45) is 5.95. The summed E-state index contributed by atoms with van der Waals surface area (Å²) in [6, 6.07) is 0. The number of rotatable bonds is 3. The molecular weight excluding hydrogens is 150 g/mol. The van der Waals surface area contributed by atoms with Crippen molar-refractivity contribution in [2.24, 2.45) is 0 Å². The molecule has 0 aromatic rings. The highest BCUT2D eigenvalue weighted by atomic mass is 16.1. The Morgan fingerprint density at radius 2 is 2.42 bits per heavy atom. The van der Waals surface area contributed by atoms with E-state index in [-0.39, 0.29) is 0 Å². The highest BCUT2D eigenvalue weighted by molar-refractivity contribution is 5.94. The van der Waals surface area contributed by atoms with Gasteiger partial charge in [-0.25, -0.2) is 0 Å². The van der Waals surface area contributed by atoms with E-state index in [1.165, 1.54) is 6.42 Å². The number of hydrogen-bond donors (Lipinski definition) is 0. The number of hydrogen-bond acceptors (Lipinski definition) is 2. The molecule has 12 heavy (non-hydrogen) atoms. The minimum Gasteiger partial charge on any atom is -0.372 e. The van der Waals surface area contributed by atoms with Crippen LogP contribution in [-0.2, 0) is 4.79 Å². The fraction of sp³-hybridized carbons (Fsp3) is 0.700. The second-order valence-corrected chi connectivity index (χ2v) is 3.33. The summed E-state index contributed by atoms with van der Waals surface area (Å²) in [5, 5.41) is 0. The third kappa shape index (κ3) is 2.10. The minimum absolute atomic E-state index is 0.305. The van der Waals surface area contributed by atoms with E-state index in [4.69, 9.17) is 0 Å². The Kier molecular flexibility index (Phi) is 3.32. The average molecular weight is 167 g/mol. The second-order valence-electron chi connectivity index (χ2n) is 3.33. The van der Waals surface area contributed by atoms with Crippen molar-refractivity contribution < 1.29 is 4.79 Å². The molecule has 1 rings (SSSR count). The molecule has 0 aromatic carbocycles. The second kappa shape index (κ2) is 4.29. The lowest BCUT2D eigenvalue weighted by molar-refractivity contribution is -0.117. The summed E-state index contributed by atoms with van der Waals surface area (Å²) < 4.78 is 0. The standard InChI is InChI=1S/C10H17NO/c1-3-6-10(12)9-7-4-5-8-11(9)2/h7H,3-6,8H2,1-2H3. The van der Waals surface area contributed by atoms with Gasteiger partial charge in [-0.15, -0.1) is 0 Å². The summed E-state index contributed by atoms with van der Waals surface area (Å²) in [4.78, 5) is 13.6. The Morgan fingerprint density at radius 3 is 3.00 bits per heavy atom. The van der Waals surface area contributed by atoms with Crippen LogP contribution in [0.3, 0.4) is 0 Å². The van der Waals surface area contributed by atoms with Crippen molar-refractivity contribution in [1.29, 1.82) is 0 Å². The number of carbonyl (C=O) groups excluding carboxylic acids is 1. The fourth-order valence-electron chi connectivity index (χ4n) is 1.53. The summed E-state index contributed by atoms with van der Waals surface area (Å²) >= 11 is 0. The maximum Gasteiger partial charge on any atom is 0.178 e. The van der Waals surface area contributed by atoms with Gasteiger partial charge in [-0.1, -0.05) is 13.0 Å². The molecule has 0 spiro atoms. The van der Waals surface area contributed by atoms with Gasteiger partial charge in [0.15, 0.2) is 5.78 Å². The monoisotopic (exact) mass is 167 g/mol. The van der Waals surface area contributed by atoms with E-state index in [0.717, 1.165) is 25.1 Å². The molecule has 0 amide bonds. The molecular formula is C10H17NO. The zero-order valence-electron chi connectivity index (χ0n) is 7.97. The van der Waals surface area contributed by atoms with Crippen LogP contribution in [0.1, 0.15) is 32.6 Å². The topological polar surface area (TPSA) is 20.3 Å². The third-order valence-electron chi connectivity index (χ3n) is 2.21. The minimum atomic E-state index is 0.305. The van der Waals surface area contributed by atoms with E-state index in [1.54, 1.807) is 0 Å². The Morgan fingerprint density at radius 1 is 1.67 bits per heavy atom. The molecule has 1 aliphatic rings. The van der Waals surface area contributed by atoms with E-state index in [1.807, 2.05) is 14.0 Å². The van der Waals surface area contributed by atoms with Crippen LogP contribution in [0.15, 0.2) is 11.8 Å². The van der Waals surface area contributed by atoms with Gasteiger partial charge in [-0.2, -0.15) is 0 Å². The molecule has 0 saturated heterocycles. The van der Waals surface area contributed by atoms with E-state index in [2.05, 4.69) is 11.0 Å². The number of Topliss-reactive ketones (excluding diaryl/α,β-unsaturated/α-hetero) is 1. The first-order valence-electron chi connectivity index (χ1n) is 4.70. The maximum atomic E-state index is 11.5. The number of allylic oxidation sites excluding steroid dienone is 2. The molecule has 1 heterocycles. The fourth-order valence-corrected chi connectivity index (χ4v) is 1.53. The van der Waals surface area contributed by atoms with Crippen LogP contribution < -0.4 is 0 Å². The molecule has 0 radical (unpaired) electrons. The third-order valence-corrected chi connectivity index (χ3v) is 2.21. The number of likely N-dealkylation sites (N-methyl/N-ethyl adjacent to an activating group) is 1. The number of carbonyl (C=O) groups is 1. The van der Waals surface area contributed by atoms with Crippen LogP contribution in [0.5, 0.6) is 0 Å². The molecule has 0 atom stereocenters. The van der Waals surface area contributed by atoms with Gasteiger partial charge < -0.3 is 4.90 Å². The Bertz CT molecular complexity index is 196. The van der Waals surface area contributed by atoms with Crippen LogP contribution in [0.2, 0.25) is 0 Å². The first-order valence-corrected chi connectivity index (χ1v) is 4.70. The van der Waals surface area contributed by atoms with Crippen LogP contribution >= 0.6 is 0 Å². The van der Waals surface area contributed by atoms with Gasteiger partial charge in [-0.3, -0.25) is 4.79 Å². The molecule has 0 bridgehead atoms. The molecule has 0 aromatic heterocycles. The summed E-state index contributed by atoms with van der Waals surface area (Å²) in [5.41, 5.74) is 0.933. The van der Waals surface area contributed by atoms with Crippen molar-refractivity contribution in [2.75, 3.05) is 13.6 Å². The van der Waals surface area contributed by atoms with Gasteiger partial charge in [0.2, 0.25) is 0 Å². The largest absolute Gasteiger partial charge is 0.372 e. The average Bonchev–Trinajstić information content (AvgIpc) is 2.05. The Labute approximate surface area is 74.2 Å².